The summed E-state index contributed by atoms with van der Waals surface area (Å²) in [5.74, 6) is 0.974. The van der Waals surface area contributed by atoms with Crippen LogP contribution in [0.2, 0.25) is 0 Å². The van der Waals surface area contributed by atoms with Crippen LogP contribution >= 0.6 is 0 Å². The molecule has 2 nitrogen and oxygen atoms in total. The van der Waals surface area contributed by atoms with Crippen LogP contribution in [0, 0.1) is 0 Å². The molecule has 114 valence electrons. The van der Waals surface area contributed by atoms with E-state index in [0.717, 1.165) is 18.7 Å². The summed E-state index contributed by atoms with van der Waals surface area (Å²) >= 11 is 0. The van der Waals surface area contributed by atoms with Crippen LogP contribution in [-0.4, -0.2) is 25.5 Å². The third-order valence-electron chi connectivity index (χ3n) is 4.09. The molecule has 1 unspecified atom stereocenters. The summed E-state index contributed by atoms with van der Waals surface area (Å²) in [5, 5.41) is 0. The molecule has 0 bridgehead atoms. The van der Waals surface area contributed by atoms with Gasteiger partial charge < -0.3 is 9.64 Å². The summed E-state index contributed by atoms with van der Waals surface area (Å²) in [7, 11) is 4.22. The molecule has 3 rings (SSSR count). The lowest BCUT2D eigenvalue weighted by atomic mass is 9.92. The molecule has 0 aromatic heterocycles. The van der Waals surface area contributed by atoms with Crippen LogP contribution in [0.25, 0.3) is 5.57 Å². The maximum absolute atomic E-state index is 6.19. The van der Waals surface area contributed by atoms with Crippen LogP contribution in [0.1, 0.15) is 36.1 Å². The van der Waals surface area contributed by atoms with Crippen LogP contribution in [0.3, 0.4) is 0 Å². The Morgan fingerprint density at radius 3 is 2.45 bits per heavy atom. The number of fused-ring (bicyclic) bond motifs is 2. The van der Waals surface area contributed by atoms with E-state index in [4.69, 9.17) is 4.74 Å². The lowest BCUT2D eigenvalue weighted by Gasteiger charge is -2.14. The molecule has 1 aliphatic heterocycles. The average Bonchev–Trinajstić information content (AvgIpc) is 2.63. The van der Waals surface area contributed by atoms with Gasteiger partial charge >= 0.3 is 0 Å². The van der Waals surface area contributed by atoms with E-state index < -0.39 is 0 Å². The first-order valence-electron chi connectivity index (χ1n) is 7.87. The Labute approximate surface area is 133 Å². The summed E-state index contributed by atoms with van der Waals surface area (Å²) in [4.78, 5) is 2.21. The molecule has 1 heterocycles. The number of rotatable bonds is 3. The molecule has 0 saturated heterocycles. The minimum absolute atomic E-state index is 0.0668. The highest BCUT2D eigenvalue weighted by Crippen LogP contribution is 2.40. The van der Waals surface area contributed by atoms with E-state index in [2.05, 4.69) is 74.5 Å². The maximum Gasteiger partial charge on any atom is 0.128 e. The smallest absolute Gasteiger partial charge is 0.128 e. The highest BCUT2D eigenvalue weighted by molar-refractivity contribution is 5.85. The monoisotopic (exact) mass is 293 g/mol. The SMILES string of the molecule is CC1Oc2ccccc2C(=CCCN(C)C)c2ccccc21. The molecular weight excluding hydrogens is 270 g/mol. The Balaban J connectivity index is 2.11. The molecule has 2 heteroatoms. The molecular formula is C20H23NO. The average molecular weight is 293 g/mol. The van der Waals surface area contributed by atoms with E-state index in [-0.39, 0.29) is 6.10 Å². The number of para-hydroxylation sites is 1. The lowest BCUT2D eigenvalue weighted by Crippen LogP contribution is -2.12. The van der Waals surface area contributed by atoms with Gasteiger partial charge in [0.1, 0.15) is 11.9 Å². The first kappa shape index (κ1) is 14.9. The summed E-state index contributed by atoms with van der Waals surface area (Å²) in [6, 6.07) is 16.9. The number of benzene rings is 2. The number of ether oxygens (including phenoxy) is 1. The number of nitrogens with zero attached hydrogens (tertiary/aromatic N) is 1. The van der Waals surface area contributed by atoms with Gasteiger partial charge in [-0.1, -0.05) is 48.5 Å². The third kappa shape index (κ3) is 2.93. The van der Waals surface area contributed by atoms with Crippen LogP contribution in [-0.2, 0) is 0 Å². The van der Waals surface area contributed by atoms with Crippen molar-refractivity contribution in [1.29, 1.82) is 0 Å². The molecule has 0 N–H and O–H groups in total. The Hall–Kier alpha value is -2.06. The second-order valence-electron chi connectivity index (χ2n) is 6.05. The van der Waals surface area contributed by atoms with Gasteiger partial charge in [-0.05, 0) is 50.2 Å². The largest absolute Gasteiger partial charge is 0.485 e. The molecule has 0 radical (unpaired) electrons. The van der Waals surface area contributed by atoms with Crippen LogP contribution < -0.4 is 4.74 Å². The van der Waals surface area contributed by atoms with E-state index in [1.807, 2.05) is 6.07 Å². The van der Waals surface area contributed by atoms with E-state index in [1.54, 1.807) is 0 Å². The zero-order chi connectivity index (χ0) is 15.5. The first-order valence-corrected chi connectivity index (χ1v) is 7.87. The maximum atomic E-state index is 6.19. The molecule has 0 aliphatic carbocycles. The van der Waals surface area contributed by atoms with Gasteiger partial charge in [0.05, 0.1) is 0 Å². The van der Waals surface area contributed by atoms with E-state index in [0.29, 0.717) is 0 Å². The molecule has 2 aromatic rings. The highest BCUT2D eigenvalue weighted by atomic mass is 16.5. The Morgan fingerprint density at radius 1 is 1.00 bits per heavy atom. The van der Waals surface area contributed by atoms with E-state index in [1.165, 1.54) is 22.3 Å². The van der Waals surface area contributed by atoms with Gasteiger partial charge in [0, 0.05) is 12.1 Å². The minimum Gasteiger partial charge on any atom is -0.485 e. The molecule has 0 amide bonds. The van der Waals surface area contributed by atoms with Crippen molar-refractivity contribution in [3.05, 3.63) is 71.3 Å². The second-order valence-corrected chi connectivity index (χ2v) is 6.05. The van der Waals surface area contributed by atoms with E-state index in [9.17, 15) is 0 Å². The van der Waals surface area contributed by atoms with E-state index >= 15 is 0 Å². The molecule has 0 saturated carbocycles. The summed E-state index contributed by atoms with van der Waals surface area (Å²) < 4.78 is 6.19. The minimum atomic E-state index is 0.0668. The summed E-state index contributed by atoms with van der Waals surface area (Å²) in [5.41, 5.74) is 5.03. The number of hydrogen-bond acceptors (Lipinski definition) is 2. The summed E-state index contributed by atoms with van der Waals surface area (Å²) in [6.07, 6.45) is 3.44. The fourth-order valence-corrected chi connectivity index (χ4v) is 2.97. The Kier molecular flexibility index (Phi) is 4.30. The zero-order valence-corrected chi connectivity index (χ0v) is 13.5. The molecule has 1 atom stereocenters. The van der Waals surface area contributed by atoms with Crippen molar-refractivity contribution < 1.29 is 4.74 Å². The topological polar surface area (TPSA) is 12.5 Å². The van der Waals surface area contributed by atoms with Crippen molar-refractivity contribution >= 4 is 5.57 Å². The lowest BCUT2D eigenvalue weighted by molar-refractivity contribution is 0.228. The molecule has 1 aliphatic rings. The summed E-state index contributed by atoms with van der Waals surface area (Å²) in [6.45, 7) is 3.17. The normalized spacial score (nSPS) is 18.5. The van der Waals surface area contributed by atoms with Crippen molar-refractivity contribution in [3.63, 3.8) is 0 Å². The van der Waals surface area contributed by atoms with Gasteiger partial charge in [-0.15, -0.1) is 0 Å². The van der Waals surface area contributed by atoms with Gasteiger partial charge in [-0.2, -0.15) is 0 Å². The van der Waals surface area contributed by atoms with Gasteiger partial charge in [-0.3, -0.25) is 0 Å². The van der Waals surface area contributed by atoms with Crippen LogP contribution in [0.15, 0.2) is 54.6 Å². The predicted octanol–water partition coefficient (Wildman–Crippen LogP) is 4.52. The first-order chi connectivity index (χ1) is 10.7. The quantitative estimate of drug-likeness (QED) is 0.824. The van der Waals surface area contributed by atoms with Gasteiger partial charge in [0.15, 0.2) is 0 Å². The number of hydrogen-bond donors (Lipinski definition) is 0. The van der Waals surface area contributed by atoms with Crippen molar-refractivity contribution in [2.24, 2.45) is 0 Å². The third-order valence-corrected chi connectivity index (χ3v) is 4.09. The van der Waals surface area contributed by atoms with Crippen molar-refractivity contribution in [2.75, 3.05) is 20.6 Å². The van der Waals surface area contributed by atoms with Crippen LogP contribution in [0.4, 0.5) is 0 Å². The predicted molar refractivity (Wildman–Crippen MR) is 92.2 cm³/mol. The second kappa shape index (κ2) is 6.37. The van der Waals surface area contributed by atoms with Crippen molar-refractivity contribution in [1.82, 2.24) is 4.90 Å². The molecule has 0 spiro atoms. The van der Waals surface area contributed by atoms with Crippen molar-refractivity contribution in [2.45, 2.75) is 19.4 Å². The van der Waals surface area contributed by atoms with Gasteiger partial charge in [0.2, 0.25) is 0 Å². The fraction of sp³-hybridized carbons (Fsp3) is 0.300. The molecule has 22 heavy (non-hydrogen) atoms. The van der Waals surface area contributed by atoms with Gasteiger partial charge in [-0.25, -0.2) is 0 Å². The Morgan fingerprint density at radius 2 is 1.68 bits per heavy atom. The van der Waals surface area contributed by atoms with Gasteiger partial charge in [0.25, 0.3) is 0 Å². The standard InChI is InChI=1S/C20H23NO/c1-15-16-9-4-5-10-17(16)18(12-8-14-21(2)3)19-11-6-7-13-20(19)22-15/h4-7,9-13,15H,8,14H2,1-3H3. The van der Waals surface area contributed by atoms with Crippen molar-refractivity contribution in [3.8, 4) is 5.75 Å². The Bertz CT molecular complexity index is 688. The van der Waals surface area contributed by atoms with Crippen LogP contribution in [0.5, 0.6) is 5.75 Å². The molecule has 0 fully saturated rings. The fourth-order valence-electron chi connectivity index (χ4n) is 2.97. The molecule has 2 aromatic carbocycles. The highest BCUT2D eigenvalue weighted by Gasteiger charge is 2.22. The zero-order valence-electron chi connectivity index (χ0n) is 13.5.